The molecule has 1 atom stereocenters. The second-order valence-electron chi connectivity index (χ2n) is 5.46. The molecule has 114 valence electrons. The average Bonchev–Trinajstić information content (AvgIpc) is 2.98. The number of carbonyl (C=O) groups excluding carboxylic acids is 1. The Hall–Kier alpha value is -1.39. The molecule has 0 aliphatic carbocycles. The van der Waals surface area contributed by atoms with Crippen LogP contribution < -0.4 is 0 Å². The Bertz CT molecular complexity index is 644. The van der Waals surface area contributed by atoms with Crippen LogP contribution in [0.25, 0.3) is 0 Å². The van der Waals surface area contributed by atoms with E-state index in [1.54, 1.807) is 23.5 Å². The van der Waals surface area contributed by atoms with Crippen LogP contribution in [0, 0.1) is 0 Å². The van der Waals surface area contributed by atoms with Crippen LogP contribution in [0.1, 0.15) is 11.1 Å². The number of carbonyl (C=O) groups is 1. The zero-order valence-corrected chi connectivity index (χ0v) is 14.4. The molecule has 0 radical (unpaired) electrons. The summed E-state index contributed by atoms with van der Waals surface area (Å²) in [5.41, 5.74) is 2.47. The van der Waals surface area contributed by atoms with E-state index < -0.39 is 0 Å². The molecule has 1 amide bonds. The van der Waals surface area contributed by atoms with E-state index in [2.05, 4.69) is 42.7 Å². The van der Waals surface area contributed by atoms with Crippen molar-refractivity contribution in [3.63, 3.8) is 0 Å². The standard InChI is InChI=1S/C18H19NOS2/c1-19(12-13-7-9-15(21-2)10-8-13)18(20)17-11-14-5-3-4-6-16(14)22-17/h3-10,17H,11-12H2,1-2H3. The highest BCUT2D eigenvalue weighted by atomic mass is 32.2. The minimum Gasteiger partial charge on any atom is -0.340 e. The van der Waals surface area contributed by atoms with Gasteiger partial charge in [0.1, 0.15) is 0 Å². The SMILES string of the molecule is CSc1ccc(CN(C)C(=O)C2Cc3ccccc3S2)cc1. The van der Waals surface area contributed by atoms with Gasteiger partial charge in [-0.15, -0.1) is 23.5 Å². The van der Waals surface area contributed by atoms with Gasteiger partial charge in [-0.2, -0.15) is 0 Å². The molecule has 1 heterocycles. The first-order valence-electron chi connectivity index (χ1n) is 7.30. The summed E-state index contributed by atoms with van der Waals surface area (Å²) >= 11 is 3.43. The van der Waals surface area contributed by atoms with Gasteiger partial charge in [0.25, 0.3) is 0 Å². The largest absolute Gasteiger partial charge is 0.340 e. The van der Waals surface area contributed by atoms with E-state index in [4.69, 9.17) is 0 Å². The molecule has 0 fully saturated rings. The molecule has 2 nitrogen and oxygen atoms in total. The van der Waals surface area contributed by atoms with Crippen LogP contribution in [0.3, 0.4) is 0 Å². The molecule has 4 heteroatoms. The van der Waals surface area contributed by atoms with Gasteiger partial charge in [-0.1, -0.05) is 30.3 Å². The predicted octanol–water partition coefficient (Wildman–Crippen LogP) is 4.08. The predicted molar refractivity (Wildman–Crippen MR) is 94.5 cm³/mol. The molecule has 2 aromatic rings. The van der Waals surface area contributed by atoms with Gasteiger partial charge in [0, 0.05) is 23.4 Å². The van der Waals surface area contributed by atoms with E-state index in [9.17, 15) is 4.79 Å². The Morgan fingerprint density at radius 1 is 1.23 bits per heavy atom. The number of hydrogen-bond acceptors (Lipinski definition) is 3. The molecule has 22 heavy (non-hydrogen) atoms. The van der Waals surface area contributed by atoms with Crippen LogP contribution in [-0.4, -0.2) is 29.4 Å². The van der Waals surface area contributed by atoms with Gasteiger partial charge in [0.2, 0.25) is 5.91 Å². The van der Waals surface area contributed by atoms with Crippen molar-refractivity contribution in [1.82, 2.24) is 4.90 Å². The van der Waals surface area contributed by atoms with E-state index in [1.807, 2.05) is 24.1 Å². The van der Waals surface area contributed by atoms with Crippen molar-refractivity contribution in [2.45, 2.75) is 28.0 Å². The van der Waals surface area contributed by atoms with E-state index in [-0.39, 0.29) is 11.2 Å². The minimum absolute atomic E-state index is 0.0212. The summed E-state index contributed by atoms with van der Waals surface area (Å²) in [6.45, 7) is 0.668. The fraction of sp³-hybridized carbons (Fsp3) is 0.278. The molecule has 0 spiro atoms. The van der Waals surface area contributed by atoms with Crippen LogP contribution in [0.15, 0.2) is 58.3 Å². The fourth-order valence-corrected chi connectivity index (χ4v) is 4.37. The van der Waals surface area contributed by atoms with Gasteiger partial charge < -0.3 is 4.90 Å². The third-order valence-electron chi connectivity index (χ3n) is 3.88. The molecular formula is C18H19NOS2. The topological polar surface area (TPSA) is 20.3 Å². The van der Waals surface area contributed by atoms with Gasteiger partial charge in [0.05, 0.1) is 5.25 Å². The third-order valence-corrected chi connectivity index (χ3v) is 5.93. The zero-order valence-electron chi connectivity index (χ0n) is 12.8. The Morgan fingerprint density at radius 3 is 2.64 bits per heavy atom. The van der Waals surface area contributed by atoms with Crippen molar-refractivity contribution in [2.24, 2.45) is 0 Å². The second kappa shape index (κ2) is 6.80. The van der Waals surface area contributed by atoms with E-state index in [0.717, 1.165) is 6.42 Å². The van der Waals surface area contributed by atoms with Gasteiger partial charge in [-0.25, -0.2) is 0 Å². The molecule has 0 saturated carbocycles. The van der Waals surface area contributed by atoms with Crippen LogP contribution >= 0.6 is 23.5 Å². The maximum atomic E-state index is 12.6. The minimum atomic E-state index is 0.0212. The van der Waals surface area contributed by atoms with Crippen molar-refractivity contribution in [3.8, 4) is 0 Å². The first kappa shape index (κ1) is 15.5. The molecule has 0 aromatic heterocycles. The van der Waals surface area contributed by atoms with Gasteiger partial charge in [0.15, 0.2) is 0 Å². The quantitative estimate of drug-likeness (QED) is 0.788. The van der Waals surface area contributed by atoms with E-state index in [0.29, 0.717) is 6.54 Å². The molecule has 1 aliphatic rings. The highest BCUT2D eigenvalue weighted by Crippen LogP contribution is 2.37. The van der Waals surface area contributed by atoms with Crippen LogP contribution in [-0.2, 0) is 17.8 Å². The van der Waals surface area contributed by atoms with Crippen molar-refractivity contribution in [1.29, 1.82) is 0 Å². The number of amides is 1. The van der Waals surface area contributed by atoms with Gasteiger partial charge in [-0.05, 0) is 42.0 Å². The summed E-state index contributed by atoms with van der Waals surface area (Å²) in [4.78, 5) is 17.0. The second-order valence-corrected chi connectivity index (χ2v) is 7.58. The number of benzene rings is 2. The molecular weight excluding hydrogens is 310 g/mol. The summed E-state index contributed by atoms with van der Waals surface area (Å²) in [6, 6.07) is 16.7. The lowest BCUT2D eigenvalue weighted by atomic mass is 10.1. The molecule has 0 bridgehead atoms. The van der Waals surface area contributed by atoms with Gasteiger partial charge in [-0.3, -0.25) is 4.79 Å². The van der Waals surface area contributed by atoms with E-state index >= 15 is 0 Å². The average molecular weight is 329 g/mol. The Balaban J connectivity index is 1.63. The maximum absolute atomic E-state index is 12.6. The van der Waals surface area contributed by atoms with Crippen LogP contribution in [0.2, 0.25) is 0 Å². The molecule has 3 rings (SSSR count). The smallest absolute Gasteiger partial charge is 0.236 e. The monoisotopic (exact) mass is 329 g/mol. The van der Waals surface area contributed by atoms with Crippen molar-refractivity contribution < 1.29 is 4.79 Å². The first-order valence-corrected chi connectivity index (χ1v) is 9.40. The van der Waals surface area contributed by atoms with Crippen molar-refractivity contribution >= 4 is 29.4 Å². The van der Waals surface area contributed by atoms with Crippen LogP contribution in [0.4, 0.5) is 0 Å². The maximum Gasteiger partial charge on any atom is 0.236 e. The number of nitrogens with zero attached hydrogens (tertiary/aromatic N) is 1. The number of thioether (sulfide) groups is 2. The lowest BCUT2D eigenvalue weighted by Gasteiger charge is -2.20. The summed E-state index contributed by atoms with van der Waals surface area (Å²) in [5.74, 6) is 0.218. The molecule has 1 aliphatic heterocycles. The van der Waals surface area contributed by atoms with Crippen molar-refractivity contribution in [2.75, 3.05) is 13.3 Å². The van der Waals surface area contributed by atoms with Crippen LogP contribution in [0.5, 0.6) is 0 Å². The summed E-state index contributed by atoms with van der Waals surface area (Å²) < 4.78 is 0. The first-order chi connectivity index (χ1) is 10.7. The normalized spacial score (nSPS) is 16.4. The molecule has 0 N–H and O–H groups in total. The molecule has 1 unspecified atom stereocenters. The highest BCUT2D eigenvalue weighted by molar-refractivity contribution is 8.01. The molecule has 2 aromatic carbocycles. The third kappa shape index (κ3) is 3.33. The summed E-state index contributed by atoms with van der Waals surface area (Å²) in [5, 5.41) is 0.0212. The number of hydrogen-bond donors (Lipinski definition) is 0. The fourth-order valence-electron chi connectivity index (χ4n) is 2.65. The Kier molecular flexibility index (Phi) is 4.79. The number of rotatable bonds is 4. The van der Waals surface area contributed by atoms with E-state index in [1.165, 1.54) is 20.9 Å². The summed E-state index contributed by atoms with van der Waals surface area (Å²) in [6.07, 6.45) is 2.91. The van der Waals surface area contributed by atoms with Gasteiger partial charge >= 0.3 is 0 Å². The lowest BCUT2D eigenvalue weighted by molar-refractivity contribution is -0.129. The Morgan fingerprint density at radius 2 is 1.95 bits per heavy atom. The Labute approximate surface area is 140 Å². The van der Waals surface area contributed by atoms with Crippen molar-refractivity contribution in [3.05, 3.63) is 59.7 Å². The highest BCUT2D eigenvalue weighted by Gasteiger charge is 2.29. The lowest BCUT2D eigenvalue weighted by Crippen LogP contribution is -2.34. The molecule has 0 saturated heterocycles. The number of fused-ring (bicyclic) bond motifs is 1. The summed E-state index contributed by atoms with van der Waals surface area (Å²) in [7, 11) is 1.90. The zero-order chi connectivity index (χ0) is 15.5.